The molecule has 2 aromatic carbocycles. The van der Waals surface area contributed by atoms with Gasteiger partial charge in [0.1, 0.15) is 5.82 Å². The highest BCUT2D eigenvalue weighted by molar-refractivity contribution is 5.90. The van der Waals surface area contributed by atoms with Crippen molar-refractivity contribution < 1.29 is 0 Å². The van der Waals surface area contributed by atoms with E-state index < -0.39 is 0 Å². The third-order valence-corrected chi connectivity index (χ3v) is 4.19. The Morgan fingerprint density at radius 2 is 1.52 bits per heavy atom. The van der Waals surface area contributed by atoms with Crippen LogP contribution >= 0.6 is 0 Å². The zero-order valence-electron chi connectivity index (χ0n) is 13.9. The quantitative estimate of drug-likeness (QED) is 0.581. The van der Waals surface area contributed by atoms with Gasteiger partial charge in [0.15, 0.2) is 5.82 Å². The van der Waals surface area contributed by atoms with Gasteiger partial charge in [-0.1, -0.05) is 42.5 Å². The number of pyridine rings is 1. The van der Waals surface area contributed by atoms with Crippen molar-refractivity contribution >= 4 is 16.7 Å². The van der Waals surface area contributed by atoms with Gasteiger partial charge in [-0.25, -0.2) is 9.97 Å². The molecule has 0 aliphatic carbocycles. The van der Waals surface area contributed by atoms with Crippen LogP contribution < -0.4 is 5.32 Å². The number of fused-ring (bicyclic) bond motifs is 1. The summed E-state index contributed by atoms with van der Waals surface area (Å²) in [4.78, 5) is 13.6. The Morgan fingerprint density at radius 1 is 0.800 bits per heavy atom. The van der Waals surface area contributed by atoms with Gasteiger partial charge in [-0.15, -0.1) is 0 Å². The van der Waals surface area contributed by atoms with Crippen LogP contribution in [0.3, 0.4) is 0 Å². The van der Waals surface area contributed by atoms with Gasteiger partial charge < -0.3 is 5.32 Å². The highest BCUT2D eigenvalue weighted by Crippen LogP contribution is 2.27. The van der Waals surface area contributed by atoms with Crippen LogP contribution in [0.25, 0.3) is 22.3 Å². The summed E-state index contributed by atoms with van der Waals surface area (Å²) in [6.07, 6.45) is 3.52. The number of anilines is 1. The Kier molecular flexibility index (Phi) is 4.09. The van der Waals surface area contributed by atoms with E-state index in [1.807, 2.05) is 54.6 Å². The molecular weight excluding hydrogens is 308 g/mol. The molecule has 2 aromatic heterocycles. The minimum absolute atomic E-state index is 0.143. The summed E-state index contributed by atoms with van der Waals surface area (Å²) >= 11 is 0. The SMILES string of the molecule is C[C@H](Nc1nc(-c2ccncc2)nc2ccccc12)c1ccccc1. The third kappa shape index (κ3) is 3.19. The van der Waals surface area contributed by atoms with E-state index >= 15 is 0 Å². The number of rotatable bonds is 4. The maximum absolute atomic E-state index is 4.79. The van der Waals surface area contributed by atoms with Crippen LogP contribution in [0.15, 0.2) is 79.1 Å². The smallest absolute Gasteiger partial charge is 0.162 e. The standard InChI is InChI=1S/C21H18N4/c1-15(16-7-3-2-4-8-16)23-21-18-9-5-6-10-19(18)24-20(25-21)17-11-13-22-14-12-17/h2-15H,1H3,(H,23,24,25)/t15-/m0/s1. The van der Waals surface area contributed by atoms with Gasteiger partial charge in [-0.3, -0.25) is 4.98 Å². The Balaban J connectivity index is 1.79. The number of aromatic nitrogens is 3. The molecule has 0 aliphatic heterocycles. The van der Waals surface area contributed by atoms with Crippen molar-refractivity contribution in [3.8, 4) is 11.4 Å². The van der Waals surface area contributed by atoms with Gasteiger partial charge in [0.25, 0.3) is 0 Å². The lowest BCUT2D eigenvalue weighted by Gasteiger charge is -2.17. The molecule has 0 bridgehead atoms. The number of nitrogens with one attached hydrogen (secondary N) is 1. The van der Waals surface area contributed by atoms with Crippen LogP contribution in [0.2, 0.25) is 0 Å². The summed E-state index contributed by atoms with van der Waals surface area (Å²) < 4.78 is 0. The Hall–Kier alpha value is -3.27. The number of benzene rings is 2. The van der Waals surface area contributed by atoms with E-state index in [1.165, 1.54) is 5.56 Å². The van der Waals surface area contributed by atoms with Gasteiger partial charge in [-0.05, 0) is 36.8 Å². The molecule has 0 unspecified atom stereocenters. The third-order valence-electron chi connectivity index (χ3n) is 4.19. The fourth-order valence-electron chi connectivity index (χ4n) is 2.85. The summed E-state index contributed by atoms with van der Waals surface area (Å²) in [5, 5.41) is 4.56. The first-order chi connectivity index (χ1) is 12.3. The molecule has 1 N–H and O–H groups in total. The first-order valence-electron chi connectivity index (χ1n) is 8.30. The fourth-order valence-corrected chi connectivity index (χ4v) is 2.85. The van der Waals surface area contributed by atoms with Crippen molar-refractivity contribution in [2.75, 3.05) is 5.32 Å². The van der Waals surface area contributed by atoms with Crippen LogP contribution in [0.1, 0.15) is 18.5 Å². The van der Waals surface area contributed by atoms with E-state index in [0.717, 1.165) is 22.3 Å². The molecule has 4 heteroatoms. The average Bonchev–Trinajstić information content (AvgIpc) is 2.69. The van der Waals surface area contributed by atoms with E-state index in [1.54, 1.807) is 12.4 Å². The second-order valence-electron chi connectivity index (χ2n) is 5.93. The van der Waals surface area contributed by atoms with E-state index in [-0.39, 0.29) is 6.04 Å². The number of hydrogen-bond donors (Lipinski definition) is 1. The summed E-state index contributed by atoms with van der Waals surface area (Å²) in [6, 6.07) is 22.4. The number of hydrogen-bond acceptors (Lipinski definition) is 4. The predicted molar refractivity (Wildman–Crippen MR) is 101 cm³/mol. The largest absolute Gasteiger partial charge is 0.363 e. The molecule has 4 nitrogen and oxygen atoms in total. The van der Waals surface area contributed by atoms with Crippen molar-refractivity contribution in [1.29, 1.82) is 0 Å². The molecule has 122 valence electrons. The predicted octanol–water partition coefficient (Wildman–Crippen LogP) is 4.86. The molecule has 4 aromatic rings. The minimum atomic E-state index is 0.143. The fraction of sp³-hybridized carbons (Fsp3) is 0.0952. The van der Waals surface area contributed by atoms with Crippen LogP contribution in [0, 0.1) is 0 Å². The highest BCUT2D eigenvalue weighted by atomic mass is 15.0. The molecule has 0 saturated heterocycles. The maximum Gasteiger partial charge on any atom is 0.162 e. The molecule has 25 heavy (non-hydrogen) atoms. The van der Waals surface area contributed by atoms with Crippen molar-refractivity contribution in [3.05, 3.63) is 84.7 Å². The maximum atomic E-state index is 4.79. The molecule has 1 atom stereocenters. The zero-order chi connectivity index (χ0) is 17.1. The molecular formula is C21H18N4. The van der Waals surface area contributed by atoms with Gasteiger partial charge in [0, 0.05) is 29.4 Å². The molecule has 0 fully saturated rings. The Bertz CT molecular complexity index is 984. The van der Waals surface area contributed by atoms with Crippen LogP contribution in [0.5, 0.6) is 0 Å². The Labute approximate surface area is 146 Å². The van der Waals surface area contributed by atoms with Crippen LogP contribution in [-0.4, -0.2) is 15.0 Å². The van der Waals surface area contributed by atoms with Gasteiger partial charge in [0.2, 0.25) is 0 Å². The lowest BCUT2D eigenvalue weighted by Crippen LogP contribution is -2.09. The summed E-state index contributed by atoms with van der Waals surface area (Å²) in [5.41, 5.74) is 3.10. The second-order valence-corrected chi connectivity index (χ2v) is 5.93. The van der Waals surface area contributed by atoms with Crippen molar-refractivity contribution in [2.24, 2.45) is 0 Å². The van der Waals surface area contributed by atoms with Crippen molar-refractivity contribution in [3.63, 3.8) is 0 Å². The number of nitrogens with zero attached hydrogens (tertiary/aromatic N) is 3. The van der Waals surface area contributed by atoms with E-state index in [4.69, 9.17) is 9.97 Å². The topological polar surface area (TPSA) is 50.7 Å². The van der Waals surface area contributed by atoms with Gasteiger partial charge >= 0.3 is 0 Å². The van der Waals surface area contributed by atoms with E-state index in [9.17, 15) is 0 Å². The highest BCUT2D eigenvalue weighted by Gasteiger charge is 2.12. The normalized spacial score (nSPS) is 12.0. The molecule has 0 spiro atoms. The molecule has 2 heterocycles. The minimum Gasteiger partial charge on any atom is -0.363 e. The zero-order valence-corrected chi connectivity index (χ0v) is 13.9. The Morgan fingerprint density at radius 3 is 2.32 bits per heavy atom. The van der Waals surface area contributed by atoms with Gasteiger partial charge in [-0.2, -0.15) is 0 Å². The second kappa shape index (κ2) is 6.69. The molecule has 4 rings (SSSR count). The lowest BCUT2D eigenvalue weighted by molar-refractivity contribution is 0.876. The molecule has 0 radical (unpaired) electrons. The average molecular weight is 326 g/mol. The molecule has 0 saturated carbocycles. The van der Waals surface area contributed by atoms with Crippen molar-refractivity contribution in [2.45, 2.75) is 13.0 Å². The summed E-state index contributed by atoms with van der Waals surface area (Å²) in [5.74, 6) is 1.54. The van der Waals surface area contributed by atoms with E-state index in [2.05, 4.69) is 29.4 Å². The van der Waals surface area contributed by atoms with Crippen LogP contribution in [0.4, 0.5) is 5.82 Å². The van der Waals surface area contributed by atoms with Gasteiger partial charge in [0.05, 0.1) is 5.52 Å². The number of para-hydroxylation sites is 1. The van der Waals surface area contributed by atoms with Crippen molar-refractivity contribution in [1.82, 2.24) is 15.0 Å². The molecule has 0 aliphatic rings. The first-order valence-corrected chi connectivity index (χ1v) is 8.30. The lowest BCUT2D eigenvalue weighted by atomic mass is 10.1. The monoisotopic (exact) mass is 326 g/mol. The molecule has 0 amide bonds. The van der Waals surface area contributed by atoms with Crippen LogP contribution in [-0.2, 0) is 0 Å². The first kappa shape index (κ1) is 15.3. The summed E-state index contributed by atoms with van der Waals surface area (Å²) in [7, 11) is 0. The summed E-state index contributed by atoms with van der Waals surface area (Å²) in [6.45, 7) is 2.14. The van der Waals surface area contributed by atoms with E-state index in [0.29, 0.717) is 5.82 Å².